The van der Waals surface area contributed by atoms with E-state index < -0.39 is 5.97 Å². The monoisotopic (exact) mass is 337 g/mol. The lowest BCUT2D eigenvalue weighted by Crippen LogP contribution is -2.06. The molecule has 7 nitrogen and oxygen atoms in total. The smallest absolute Gasteiger partial charge is 0.362 e. The van der Waals surface area contributed by atoms with Crippen molar-refractivity contribution in [3.8, 4) is 17.4 Å². The van der Waals surface area contributed by atoms with Gasteiger partial charge >= 0.3 is 5.97 Å². The molecule has 1 aromatic heterocycles. The molecule has 122 valence electrons. The molecule has 0 spiro atoms. The first kappa shape index (κ1) is 15.6. The second kappa shape index (κ2) is 6.87. The fourth-order valence-corrected chi connectivity index (χ4v) is 2.06. The highest BCUT2D eigenvalue weighted by Crippen LogP contribution is 2.34. The van der Waals surface area contributed by atoms with Crippen molar-refractivity contribution in [3.63, 3.8) is 0 Å². The molecule has 0 saturated heterocycles. The van der Waals surface area contributed by atoms with Crippen molar-refractivity contribution in [2.75, 3.05) is 13.2 Å². The Balaban J connectivity index is 1.73. The van der Waals surface area contributed by atoms with Gasteiger partial charge in [0.05, 0.1) is 18.2 Å². The number of H-pyrrole nitrogens is 1. The molecule has 1 N–H and O–H groups in total. The van der Waals surface area contributed by atoms with Crippen molar-refractivity contribution in [2.45, 2.75) is 19.8 Å². The van der Waals surface area contributed by atoms with E-state index in [2.05, 4.69) is 15.4 Å². The Hall–Kier alpha value is -2.28. The number of aromatic nitrogens is 3. The molecule has 1 aliphatic rings. The fraction of sp³-hybridized carbons (Fsp3) is 0.400. The molecule has 1 aromatic carbocycles. The van der Waals surface area contributed by atoms with E-state index in [0.29, 0.717) is 29.0 Å². The van der Waals surface area contributed by atoms with Crippen LogP contribution in [0.15, 0.2) is 18.2 Å². The average molecular weight is 338 g/mol. The van der Waals surface area contributed by atoms with Crippen LogP contribution in [0.3, 0.4) is 0 Å². The van der Waals surface area contributed by atoms with Gasteiger partial charge in [-0.05, 0) is 37.8 Å². The van der Waals surface area contributed by atoms with Gasteiger partial charge in [-0.2, -0.15) is 0 Å². The molecule has 0 bridgehead atoms. The summed E-state index contributed by atoms with van der Waals surface area (Å²) in [6, 6.07) is 4.99. The maximum atomic E-state index is 11.8. The van der Waals surface area contributed by atoms with Gasteiger partial charge < -0.3 is 14.2 Å². The van der Waals surface area contributed by atoms with Gasteiger partial charge in [-0.15, -0.1) is 0 Å². The number of hydrogen-bond donors (Lipinski definition) is 1. The van der Waals surface area contributed by atoms with E-state index in [-0.39, 0.29) is 18.2 Å². The third-order valence-electron chi connectivity index (χ3n) is 3.28. The number of ether oxygens (including phenoxy) is 3. The Labute approximate surface area is 137 Å². The van der Waals surface area contributed by atoms with E-state index >= 15 is 0 Å². The maximum absolute atomic E-state index is 11.8. The molecular weight excluding hydrogens is 322 g/mol. The van der Waals surface area contributed by atoms with E-state index in [1.54, 1.807) is 25.1 Å². The minimum absolute atomic E-state index is 0.0407. The Bertz CT molecular complexity index is 700. The number of hydrogen-bond acceptors (Lipinski definition) is 6. The van der Waals surface area contributed by atoms with Crippen LogP contribution in [0, 0.1) is 5.92 Å². The maximum Gasteiger partial charge on any atom is 0.362 e. The van der Waals surface area contributed by atoms with Crippen LogP contribution in [0.1, 0.15) is 30.3 Å². The first-order valence-electron chi connectivity index (χ1n) is 7.35. The number of nitrogens with one attached hydrogen (secondary N) is 1. The molecule has 1 aliphatic carbocycles. The van der Waals surface area contributed by atoms with Gasteiger partial charge in [0.25, 0.3) is 5.88 Å². The van der Waals surface area contributed by atoms with Crippen LogP contribution in [0.25, 0.3) is 0 Å². The standard InChI is InChI=1S/C15H16ClN3O4/c1-2-21-15(20)13-14(18-19-17-13)23-10-5-6-11(16)12(7-10)22-8-9-3-4-9/h5-7,9H,2-4,8H2,1H3,(H,17,18,19). The quantitative estimate of drug-likeness (QED) is 0.781. The zero-order valence-corrected chi connectivity index (χ0v) is 13.3. The minimum Gasteiger partial charge on any atom is -0.492 e. The zero-order chi connectivity index (χ0) is 16.2. The lowest BCUT2D eigenvalue weighted by molar-refractivity contribution is 0.0516. The first-order chi connectivity index (χ1) is 11.2. The normalized spacial score (nSPS) is 13.7. The van der Waals surface area contributed by atoms with Crippen LogP contribution in [0.5, 0.6) is 17.4 Å². The molecule has 3 rings (SSSR count). The van der Waals surface area contributed by atoms with Crippen LogP contribution in [0.4, 0.5) is 0 Å². The molecule has 0 amide bonds. The summed E-state index contributed by atoms with van der Waals surface area (Å²) in [5, 5.41) is 10.3. The number of benzene rings is 1. The van der Waals surface area contributed by atoms with Gasteiger partial charge in [-0.25, -0.2) is 9.89 Å². The van der Waals surface area contributed by atoms with Crippen molar-refractivity contribution in [3.05, 3.63) is 28.9 Å². The van der Waals surface area contributed by atoms with Crippen LogP contribution in [-0.4, -0.2) is 34.6 Å². The summed E-state index contributed by atoms with van der Waals surface area (Å²) in [5.41, 5.74) is 0.0576. The van der Waals surface area contributed by atoms with Crippen LogP contribution in [0.2, 0.25) is 5.02 Å². The van der Waals surface area contributed by atoms with Gasteiger partial charge in [0.1, 0.15) is 11.5 Å². The number of rotatable bonds is 7. The molecule has 1 heterocycles. The van der Waals surface area contributed by atoms with Gasteiger partial charge in [-0.3, -0.25) is 0 Å². The second-order valence-corrected chi connectivity index (χ2v) is 5.57. The third kappa shape index (κ3) is 3.92. The van der Waals surface area contributed by atoms with E-state index in [0.717, 1.165) is 0 Å². The van der Waals surface area contributed by atoms with Crippen molar-refractivity contribution >= 4 is 17.6 Å². The number of halogens is 1. The molecule has 8 heteroatoms. The topological polar surface area (TPSA) is 86.3 Å². The van der Waals surface area contributed by atoms with E-state index in [9.17, 15) is 4.79 Å². The minimum atomic E-state index is -0.577. The lowest BCUT2D eigenvalue weighted by Gasteiger charge is -2.10. The van der Waals surface area contributed by atoms with Gasteiger partial charge in [0.15, 0.2) is 0 Å². The number of nitrogens with zero attached hydrogens (tertiary/aromatic N) is 2. The van der Waals surface area contributed by atoms with Gasteiger partial charge in [-0.1, -0.05) is 21.9 Å². The highest BCUT2D eigenvalue weighted by Gasteiger charge is 2.23. The summed E-state index contributed by atoms with van der Waals surface area (Å²) in [6.07, 6.45) is 2.38. The third-order valence-corrected chi connectivity index (χ3v) is 3.60. The molecule has 0 atom stereocenters. The Kier molecular flexibility index (Phi) is 4.66. The number of aromatic amines is 1. The number of carbonyl (C=O) groups excluding carboxylic acids is 1. The van der Waals surface area contributed by atoms with E-state index in [4.69, 9.17) is 25.8 Å². The lowest BCUT2D eigenvalue weighted by atomic mass is 10.3. The van der Waals surface area contributed by atoms with Crippen LogP contribution in [-0.2, 0) is 4.74 Å². The fourth-order valence-electron chi connectivity index (χ4n) is 1.89. The highest BCUT2D eigenvalue weighted by atomic mass is 35.5. The SMILES string of the molecule is CCOC(=O)c1[nH]nnc1Oc1ccc(Cl)c(OCC2CC2)c1. The molecule has 1 saturated carbocycles. The number of carbonyl (C=O) groups is 1. The first-order valence-corrected chi connectivity index (χ1v) is 7.73. The van der Waals surface area contributed by atoms with Crippen LogP contribution >= 0.6 is 11.6 Å². The summed E-state index contributed by atoms with van der Waals surface area (Å²) in [5.74, 6) is 1.06. The predicted molar refractivity (Wildman–Crippen MR) is 82.1 cm³/mol. The molecule has 1 fully saturated rings. The average Bonchev–Trinajstić information content (AvgIpc) is 3.25. The molecule has 0 radical (unpaired) electrons. The van der Waals surface area contributed by atoms with E-state index in [1.165, 1.54) is 12.8 Å². The Morgan fingerprint density at radius 3 is 3.00 bits per heavy atom. The zero-order valence-electron chi connectivity index (χ0n) is 12.5. The largest absolute Gasteiger partial charge is 0.492 e. The van der Waals surface area contributed by atoms with Gasteiger partial charge in [0.2, 0.25) is 5.69 Å². The summed E-state index contributed by atoms with van der Waals surface area (Å²) >= 11 is 6.12. The van der Waals surface area contributed by atoms with E-state index in [1.807, 2.05) is 0 Å². The number of esters is 1. The summed E-state index contributed by atoms with van der Waals surface area (Å²) in [4.78, 5) is 11.8. The van der Waals surface area contributed by atoms with Crippen LogP contribution < -0.4 is 9.47 Å². The Morgan fingerprint density at radius 2 is 2.26 bits per heavy atom. The molecular formula is C15H16ClN3O4. The molecule has 0 unspecified atom stereocenters. The molecule has 0 aliphatic heterocycles. The van der Waals surface area contributed by atoms with Crippen molar-refractivity contribution in [1.29, 1.82) is 0 Å². The predicted octanol–water partition coefficient (Wildman–Crippen LogP) is 3.22. The summed E-state index contributed by atoms with van der Waals surface area (Å²) in [7, 11) is 0. The Morgan fingerprint density at radius 1 is 1.43 bits per heavy atom. The molecule has 23 heavy (non-hydrogen) atoms. The summed E-state index contributed by atoms with van der Waals surface area (Å²) < 4.78 is 16.2. The highest BCUT2D eigenvalue weighted by molar-refractivity contribution is 6.32. The second-order valence-electron chi connectivity index (χ2n) is 5.16. The van der Waals surface area contributed by atoms with Crippen molar-refractivity contribution < 1.29 is 19.0 Å². The van der Waals surface area contributed by atoms with Crippen molar-refractivity contribution in [1.82, 2.24) is 15.4 Å². The van der Waals surface area contributed by atoms with Gasteiger partial charge in [0, 0.05) is 6.07 Å². The molecule has 2 aromatic rings. The summed E-state index contributed by atoms with van der Waals surface area (Å²) in [6.45, 7) is 2.60. The van der Waals surface area contributed by atoms with Crippen molar-refractivity contribution in [2.24, 2.45) is 5.92 Å².